The number of benzene rings is 3. The number of carbonyl (C=O) groups excluding carboxylic acids is 2. The van der Waals surface area contributed by atoms with Crippen molar-refractivity contribution in [3.8, 4) is 11.3 Å². The molecule has 0 unspecified atom stereocenters. The summed E-state index contributed by atoms with van der Waals surface area (Å²) in [7, 11) is 0. The van der Waals surface area contributed by atoms with Crippen molar-refractivity contribution in [2.24, 2.45) is 0 Å². The van der Waals surface area contributed by atoms with Crippen LogP contribution < -0.4 is 4.90 Å². The van der Waals surface area contributed by atoms with E-state index in [0.717, 1.165) is 22.5 Å². The Kier molecular flexibility index (Phi) is 9.17. The number of aromatic nitrogens is 2. The third-order valence-corrected chi connectivity index (χ3v) is 7.94. The zero-order valence-corrected chi connectivity index (χ0v) is 24.3. The van der Waals surface area contributed by atoms with Gasteiger partial charge in [0.1, 0.15) is 6.54 Å². The van der Waals surface area contributed by atoms with Crippen molar-refractivity contribution in [1.82, 2.24) is 20.0 Å². The fourth-order valence-electron chi connectivity index (χ4n) is 4.99. The van der Waals surface area contributed by atoms with E-state index in [4.69, 9.17) is 23.2 Å². The van der Waals surface area contributed by atoms with Gasteiger partial charge in [-0.05, 0) is 48.4 Å². The highest BCUT2D eigenvalue weighted by atomic mass is 35.5. The number of rotatable bonds is 8. The zero-order chi connectivity index (χ0) is 28.8. The van der Waals surface area contributed by atoms with E-state index in [0.29, 0.717) is 41.9 Å². The topological polar surface area (TPSA) is 69.6 Å². The van der Waals surface area contributed by atoms with Crippen molar-refractivity contribution in [3.63, 3.8) is 0 Å². The number of nitrogens with zero attached hydrogens (tertiary/aromatic N) is 5. The minimum atomic E-state index is -0.236. The number of carbonyl (C=O) groups is 2. The molecule has 2 amide bonds. The van der Waals surface area contributed by atoms with Gasteiger partial charge in [0, 0.05) is 36.8 Å². The normalized spacial score (nSPS) is 14.0. The second-order valence-corrected chi connectivity index (χ2v) is 10.9. The minimum Gasteiger partial charge on any atom is -0.352 e. The van der Waals surface area contributed by atoms with Crippen LogP contribution in [-0.4, -0.2) is 64.5 Å². The van der Waals surface area contributed by atoms with Crippen LogP contribution in [-0.2, 0) is 16.0 Å². The highest BCUT2D eigenvalue weighted by Crippen LogP contribution is 2.29. The van der Waals surface area contributed by atoms with Crippen molar-refractivity contribution < 1.29 is 9.59 Å². The minimum absolute atomic E-state index is 0.0259. The first-order valence-corrected chi connectivity index (χ1v) is 14.3. The van der Waals surface area contributed by atoms with Crippen LogP contribution in [0, 0.1) is 0 Å². The summed E-state index contributed by atoms with van der Waals surface area (Å²) in [5, 5.41) is 9.86. The number of hydrogen-bond acceptors (Lipinski definition) is 5. The number of halogens is 2. The number of hydrogen-bond donors (Lipinski definition) is 0. The summed E-state index contributed by atoms with van der Waals surface area (Å²) in [6.45, 7) is 4.31. The van der Waals surface area contributed by atoms with Crippen molar-refractivity contribution in [1.29, 1.82) is 0 Å². The van der Waals surface area contributed by atoms with Crippen LogP contribution in [0.2, 0.25) is 10.0 Å². The molecule has 1 atom stereocenters. The first-order valence-electron chi connectivity index (χ1n) is 13.6. The highest BCUT2D eigenvalue weighted by molar-refractivity contribution is 6.36. The van der Waals surface area contributed by atoms with Gasteiger partial charge in [0.15, 0.2) is 5.82 Å². The zero-order valence-electron chi connectivity index (χ0n) is 22.8. The lowest BCUT2D eigenvalue weighted by Crippen LogP contribution is -2.52. The van der Waals surface area contributed by atoms with E-state index in [1.54, 1.807) is 17.0 Å². The van der Waals surface area contributed by atoms with Gasteiger partial charge in [0.25, 0.3) is 0 Å². The van der Waals surface area contributed by atoms with Gasteiger partial charge in [-0.2, -0.15) is 0 Å². The summed E-state index contributed by atoms with van der Waals surface area (Å²) in [6.07, 6.45) is 0.245. The van der Waals surface area contributed by atoms with Gasteiger partial charge in [-0.3, -0.25) is 9.59 Å². The second kappa shape index (κ2) is 13.1. The summed E-state index contributed by atoms with van der Waals surface area (Å²) in [5.41, 5.74) is 3.35. The van der Waals surface area contributed by atoms with E-state index in [1.165, 1.54) is 0 Å². The standard InChI is InChI=1S/C32H31Cl2N5O2/c1-23(25-10-6-3-7-11-25)39(31(40)20-24-8-4-2-5-9-24)22-32(41)38-18-16-37(17-19-38)30-15-14-29(35-36-30)27-13-12-26(33)21-28(27)34/h2-15,21,23H,16-20,22H2,1H3/t23-/m1/s1. The lowest BCUT2D eigenvalue weighted by molar-refractivity contribution is -0.142. The predicted octanol–water partition coefficient (Wildman–Crippen LogP) is 5.93. The van der Waals surface area contributed by atoms with Gasteiger partial charge in [-0.25, -0.2) is 0 Å². The quantitative estimate of drug-likeness (QED) is 0.255. The average Bonchev–Trinajstić information content (AvgIpc) is 3.00. The molecule has 4 aromatic rings. The van der Waals surface area contributed by atoms with Gasteiger partial charge in [-0.15, -0.1) is 10.2 Å². The summed E-state index contributed by atoms with van der Waals surface area (Å²) in [4.78, 5) is 32.6. The average molecular weight is 589 g/mol. The molecule has 0 N–H and O–H groups in total. The molecule has 7 nitrogen and oxygen atoms in total. The fraction of sp³-hybridized carbons (Fsp3) is 0.250. The molecule has 0 saturated carbocycles. The van der Waals surface area contributed by atoms with Crippen molar-refractivity contribution in [2.75, 3.05) is 37.6 Å². The Hall–Kier alpha value is -3.94. The maximum absolute atomic E-state index is 13.5. The van der Waals surface area contributed by atoms with E-state index in [9.17, 15) is 9.59 Å². The van der Waals surface area contributed by atoms with E-state index in [2.05, 4.69) is 15.1 Å². The molecule has 9 heteroatoms. The molecule has 0 aliphatic carbocycles. The molecule has 1 aromatic heterocycles. The van der Waals surface area contributed by atoms with Crippen LogP contribution in [0.5, 0.6) is 0 Å². The van der Waals surface area contributed by atoms with E-state index in [1.807, 2.05) is 90.7 Å². The Morgan fingerprint density at radius 1 is 0.854 bits per heavy atom. The van der Waals surface area contributed by atoms with Crippen LogP contribution in [0.4, 0.5) is 5.82 Å². The van der Waals surface area contributed by atoms with Gasteiger partial charge in [-0.1, -0.05) is 83.9 Å². The molecule has 1 aliphatic heterocycles. The molecule has 1 aliphatic rings. The molecule has 41 heavy (non-hydrogen) atoms. The van der Waals surface area contributed by atoms with Crippen molar-refractivity contribution >= 4 is 40.8 Å². The molecule has 1 fully saturated rings. The molecule has 2 heterocycles. The summed E-state index contributed by atoms with van der Waals surface area (Å²) < 4.78 is 0. The fourth-order valence-corrected chi connectivity index (χ4v) is 5.50. The van der Waals surface area contributed by atoms with E-state index in [-0.39, 0.29) is 30.8 Å². The second-order valence-electron chi connectivity index (χ2n) is 10.0. The number of piperazine rings is 1. The first kappa shape index (κ1) is 28.6. The molecule has 210 valence electrons. The molecular weight excluding hydrogens is 557 g/mol. The molecule has 3 aromatic carbocycles. The van der Waals surface area contributed by atoms with Crippen LogP contribution in [0.3, 0.4) is 0 Å². The number of anilines is 1. The van der Waals surface area contributed by atoms with E-state index >= 15 is 0 Å². The molecule has 0 spiro atoms. The Morgan fingerprint density at radius 2 is 1.54 bits per heavy atom. The molecular formula is C32H31Cl2N5O2. The largest absolute Gasteiger partial charge is 0.352 e. The van der Waals surface area contributed by atoms with Crippen LogP contribution >= 0.6 is 23.2 Å². The number of amides is 2. The predicted molar refractivity (Wildman–Crippen MR) is 163 cm³/mol. The summed E-state index contributed by atoms with van der Waals surface area (Å²) in [6, 6.07) is 28.3. The van der Waals surface area contributed by atoms with Gasteiger partial charge in [0.2, 0.25) is 11.8 Å². The van der Waals surface area contributed by atoms with E-state index < -0.39 is 0 Å². The van der Waals surface area contributed by atoms with Gasteiger partial charge >= 0.3 is 0 Å². The lowest BCUT2D eigenvalue weighted by Gasteiger charge is -2.37. The van der Waals surface area contributed by atoms with Crippen LogP contribution in [0.15, 0.2) is 91.0 Å². The van der Waals surface area contributed by atoms with Crippen LogP contribution in [0.1, 0.15) is 24.1 Å². The third-order valence-electron chi connectivity index (χ3n) is 7.39. The van der Waals surface area contributed by atoms with Crippen molar-refractivity contribution in [3.05, 3.63) is 112 Å². The monoisotopic (exact) mass is 587 g/mol. The maximum atomic E-state index is 13.5. The highest BCUT2D eigenvalue weighted by Gasteiger charge is 2.28. The van der Waals surface area contributed by atoms with Crippen molar-refractivity contribution in [2.45, 2.75) is 19.4 Å². The molecule has 5 rings (SSSR count). The molecule has 1 saturated heterocycles. The first-order chi connectivity index (χ1) is 19.9. The van der Waals surface area contributed by atoms with Gasteiger partial charge < -0.3 is 14.7 Å². The summed E-state index contributed by atoms with van der Waals surface area (Å²) >= 11 is 12.3. The van der Waals surface area contributed by atoms with Crippen LogP contribution in [0.25, 0.3) is 11.3 Å². The van der Waals surface area contributed by atoms with Gasteiger partial charge in [0.05, 0.1) is 23.2 Å². The Labute approximate surface area is 250 Å². The molecule has 0 radical (unpaired) electrons. The Morgan fingerprint density at radius 3 is 2.17 bits per heavy atom. The third kappa shape index (κ3) is 7.04. The maximum Gasteiger partial charge on any atom is 0.242 e. The summed E-state index contributed by atoms with van der Waals surface area (Å²) in [5.74, 6) is 0.603. The Bertz CT molecular complexity index is 1480. The Balaban J connectivity index is 1.22. The smallest absolute Gasteiger partial charge is 0.242 e. The lowest BCUT2D eigenvalue weighted by atomic mass is 10.0. The SMILES string of the molecule is C[C@H](c1ccccc1)N(CC(=O)N1CCN(c2ccc(-c3ccc(Cl)cc3Cl)nn2)CC1)C(=O)Cc1ccccc1. The molecule has 0 bridgehead atoms.